The fourth-order valence-corrected chi connectivity index (χ4v) is 3.12. The largest absolute Gasteiger partial charge is 0.541 e. The van der Waals surface area contributed by atoms with Crippen LogP contribution >= 0.6 is 0 Å². The summed E-state index contributed by atoms with van der Waals surface area (Å²) in [4.78, 5) is 26.3. The summed E-state index contributed by atoms with van der Waals surface area (Å²) in [5.74, 6) is 0.692. The van der Waals surface area contributed by atoms with Crippen LogP contribution in [0.15, 0.2) is 11.8 Å². The van der Waals surface area contributed by atoms with Gasteiger partial charge in [-0.2, -0.15) is 0 Å². The van der Waals surface area contributed by atoms with Gasteiger partial charge < -0.3 is 9.33 Å². The standard InChI is InChI=1S/C17H31NO3Si/c1-13-11-15(21-22(6,7)17(2,3)4)14(19)9-8-10-18(5)16(20)12-13/h11,13H,8-10,12H2,1-7H3/b15-11+. The van der Waals surface area contributed by atoms with Gasteiger partial charge in [-0.1, -0.05) is 27.7 Å². The average Bonchev–Trinajstić information content (AvgIpc) is 2.34. The van der Waals surface area contributed by atoms with E-state index >= 15 is 0 Å². The van der Waals surface area contributed by atoms with Crippen molar-refractivity contribution in [3.05, 3.63) is 11.8 Å². The minimum atomic E-state index is -2.05. The van der Waals surface area contributed by atoms with Gasteiger partial charge >= 0.3 is 0 Å². The molecule has 0 saturated heterocycles. The molecular weight excluding hydrogens is 294 g/mol. The lowest BCUT2D eigenvalue weighted by Gasteiger charge is -2.37. The third-order valence-electron chi connectivity index (χ3n) is 4.70. The van der Waals surface area contributed by atoms with E-state index in [1.165, 1.54) is 0 Å². The van der Waals surface area contributed by atoms with Crippen molar-refractivity contribution in [2.75, 3.05) is 13.6 Å². The molecule has 1 aliphatic rings. The number of hydrogen-bond donors (Lipinski definition) is 0. The van der Waals surface area contributed by atoms with E-state index in [1.54, 1.807) is 11.9 Å². The van der Waals surface area contributed by atoms with Crippen molar-refractivity contribution >= 4 is 20.0 Å². The zero-order valence-electron chi connectivity index (χ0n) is 15.2. The van der Waals surface area contributed by atoms with E-state index in [4.69, 9.17) is 4.43 Å². The van der Waals surface area contributed by atoms with Gasteiger partial charge in [0.05, 0.1) is 0 Å². The van der Waals surface area contributed by atoms with Crippen molar-refractivity contribution in [2.24, 2.45) is 5.92 Å². The van der Waals surface area contributed by atoms with E-state index < -0.39 is 8.32 Å². The Balaban J connectivity index is 3.03. The Kier molecular flexibility index (Phi) is 6.01. The number of rotatable bonds is 2. The van der Waals surface area contributed by atoms with Crippen LogP contribution in [0.4, 0.5) is 0 Å². The van der Waals surface area contributed by atoms with Gasteiger partial charge in [-0.15, -0.1) is 0 Å². The second-order valence-electron chi connectivity index (χ2n) is 7.92. The maximum absolute atomic E-state index is 12.5. The Morgan fingerprint density at radius 3 is 2.41 bits per heavy atom. The highest BCUT2D eigenvalue weighted by Crippen LogP contribution is 2.38. The molecule has 1 heterocycles. The monoisotopic (exact) mass is 325 g/mol. The van der Waals surface area contributed by atoms with Crippen molar-refractivity contribution in [2.45, 2.75) is 65.1 Å². The summed E-state index contributed by atoms with van der Waals surface area (Å²) in [6, 6.07) is 0. The van der Waals surface area contributed by atoms with E-state index in [0.29, 0.717) is 31.6 Å². The van der Waals surface area contributed by atoms with Crippen LogP contribution in [0.2, 0.25) is 18.1 Å². The highest BCUT2D eigenvalue weighted by atomic mass is 28.4. The lowest BCUT2D eigenvalue weighted by molar-refractivity contribution is -0.131. The molecule has 0 spiro atoms. The molecule has 126 valence electrons. The Morgan fingerprint density at radius 1 is 1.27 bits per heavy atom. The van der Waals surface area contributed by atoms with Crippen LogP contribution in [0.5, 0.6) is 0 Å². The molecule has 22 heavy (non-hydrogen) atoms. The van der Waals surface area contributed by atoms with Gasteiger partial charge in [-0.05, 0) is 36.5 Å². The topological polar surface area (TPSA) is 46.6 Å². The van der Waals surface area contributed by atoms with Crippen LogP contribution in [0.25, 0.3) is 0 Å². The second kappa shape index (κ2) is 6.98. The van der Waals surface area contributed by atoms with Crippen LogP contribution in [0.1, 0.15) is 47.0 Å². The first-order valence-electron chi connectivity index (χ1n) is 8.12. The molecule has 0 aromatic heterocycles. The minimum Gasteiger partial charge on any atom is -0.541 e. The summed E-state index contributed by atoms with van der Waals surface area (Å²) in [6.45, 7) is 13.4. The van der Waals surface area contributed by atoms with Crippen molar-refractivity contribution < 1.29 is 14.0 Å². The summed E-state index contributed by atoms with van der Waals surface area (Å²) in [6.07, 6.45) is 3.41. The number of carbonyl (C=O) groups excluding carboxylic acids is 2. The Labute approximate surface area is 136 Å². The van der Waals surface area contributed by atoms with Crippen LogP contribution in [-0.4, -0.2) is 38.5 Å². The van der Waals surface area contributed by atoms with E-state index in [2.05, 4.69) is 33.9 Å². The number of allylic oxidation sites excluding steroid dienone is 2. The first-order chi connectivity index (χ1) is 9.94. The molecule has 4 nitrogen and oxygen atoms in total. The number of ketones is 1. The van der Waals surface area contributed by atoms with Crippen molar-refractivity contribution in [3.63, 3.8) is 0 Å². The van der Waals surface area contributed by atoms with E-state index in [9.17, 15) is 9.59 Å². The average molecular weight is 326 g/mol. The van der Waals surface area contributed by atoms with Crippen LogP contribution in [0, 0.1) is 5.92 Å². The smallest absolute Gasteiger partial charge is 0.250 e. The predicted molar refractivity (Wildman–Crippen MR) is 92.0 cm³/mol. The highest BCUT2D eigenvalue weighted by molar-refractivity contribution is 6.74. The normalized spacial score (nSPS) is 24.8. The molecular formula is C17H31NO3Si. The number of Topliss-reactive ketones (excluding diaryl/α,β-unsaturated/α-hetero) is 1. The molecule has 1 atom stereocenters. The zero-order valence-corrected chi connectivity index (χ0v) is 16.2. The maximum Gasteiger partial charge on any atom is 0.250 e. The fourth-order valence-electron chi connectivity index (χ4n) is 2.09. The highest BCUT2D eigenvalue weighted by Gasteiger charge is 2.40. The zero-order chi connectivity index (χ0) is 17.1. The maximum atomic E-state index is 12.5. The lowest BCUT2D eigenvalue weighted by Crippen LogP contribution is -2.41. The Bertz CT molecular complexity index is 463. The van der Waals surface area contributed by atoms with E-state index in [0.717, 1.165) is 0 Å². The van der Waals surface area contributed by atoms with Gasteiger partial charge in [0.2, 0.25) is 5.91 Å². The summed E-state index contributed by atoms with van der Waals surface area (Å²) >= 11 is 0. The summed E-state index contributed by atoms with van der Waals surface area (Å²) in [7, 11) is -0.243. The van der Waals surface area contributed by atoms with Gasteiger partial charge in [0.25, 0.3) is 8.32 Å². The fraction of sp³-hybridized carbons (Fsp3) is 0.765. The van der Waals surface area contributed by atoms with Crippen molar-refractivity contribution in [1.82, 2.24) is 4.90 Å². The summed E-state index contributed by atoms with van der Waals surface area (Å²) in [5.41, 5.74) is 0. The molecule has 0 saturated carbocycles. The first-order valence-corrected chi connectivity index (χ1v) is 11.0. The second-order valence-corrected chi connectivity index (χ2v) is 12.6. The molecule has 1 unspecified atom stereocenters. The van der Waals surface area contributed by atoms with E-state index in [-0.39, 0.29) is 22.6 Å². The summed E-state index contributed by atoms with van der Waals surface area (Å²) in [5, 5.41) is 0.0444. The third-order valence-corrected chi connectivity index (χ3v) is 9.04. The van der Waals surface area contributed by atoms with E-state index in [1.807, 2.05) is 13.0 Å². The lowest BCUT2D eigenvalue weighted by atomic mass is 10.0. The van der Waals surface area contributed by atoms with Gasteiger partial charge in [0.15, 0.2) is 5.78 Å². The summed E-state index contributed by atoms with van der Waals surface area (Å²) < 4.78 is 6.25. The van der Waals surface area contributed by atoms with Crippen molar-refractivity contribution in [3.8, 4) is 0 Å². The molecule has 0 fully saturated rings. The first kappa shape index (κ1) is 18.9. The molecule has 0 N–H and O–H groups in total. The van der Waals surface area contributed by atoms with Crippen molar-refractivity contribution in [1.29, 1.82) is 0 Å². The molecule has 0 aromatic rings. The molecule has 1 amide bonds. The molecule has 0 aromatic carbocycles. The van der Waals surface area contributed by atoms with Crippen LogP contribution in [0.3, 0.4) is 0 Å². The number of amides is 1. The molecule has 5 heteroatoms. The molecule has 1 rings (SSSR count). The number of nitrogens with zero attached hydrogens (tertiary/aromatic N) is 1. The molecule has 0 radical (unpaired) electrons. The minimum absolute atomic E-state index is 0.0109. The van der Waals surface area contributed by atoms with Gasteiger partial charge in [-0.25, -0.2) is 0 Å². The Morgan fingerprint density at radius 2 is 1.86 bits per heavy atom. The molecule has 0 bridgehead atoms. The van der Waals surface area contributed by atoms with Crippen LogP contribution in [-0.2, 0) is 14.0 Å². The molecule has 0 aliphatic carbocycles. The quantitative estimate of drug-likeness (QED) is 0.727. The number of carbonyl (C=O) groups is 2. The van der Waals surface area contributed by atoms with Gasteiger partial charge in [0.1, 0.15) is 5.76 Å². The molecule has 1 aliphatic heterocycles. The Hall–Kier alpha value is -1.10. The van der Waals surface area contributed by atoms with Gasteiger partial charge in [-0.3, -0.25) is 9.59 Å². The van der Waals surface area contributed by atoms with Crippen LogP contribution < -0.4 is 0 Å². The number of hydrogen-bond acceptors (Lipinski definition) is 3. The van der Waals surface area contributed by atoms with Gasteiger partial charge in [0, 0.05) is 26.4 Å². The predicted octanol–water partition coefficient (Wildman–Crippen LogP) is 3.74. The SMILES string of the molecule is CC1/C=C(/O[Si](C)(C)C(C)(C)C)C(=O)CCCN(C)C(=O)C1. The third kappa shape index (κ3) is 4.97.